The third-order valence-electron chi connectivity index (χ3n) is 6.98. The zero-order chi connectivity index (χ0) is 22.7. The second-order valence-corrected chi connectivity index (χ2v) is 11.0. The zero-order valence-corrected chi connectivity index (χ0v) is 19.8. The molecule has 7 heteroatoms. The van der Waals surface area contributed by atoms with Crippen molar-refractivity contribution >= 4 is 10.0 Å². The van der Waals surface area contributed by atoms with Gasteiger partial charge in [0.05, 0.1) is 25.0 Å². The maximum Gasteiger partial charge on any atom is 0.254 e. The molecule has 1 aliphatic heterocycles. The summed E-state index contributed by atoms with van der Waals surface area (Å²) in [4.78, 5) is 13.1. The third kappa shape index (κ3) is 5.33. The Balaban J connectivity index is 1.48. The predicted octanol–water partition coefficient (Wildman–Crippen LogP) is 3.56. The van der Waals surface area contributed by atoms with Gasteiger partial charge in [0.1, 0.15) is 0 Å². The van der Waals surface area contributed by atoms with Crippen LogP contribution in [0.1, 0.15) is 67.8 Å². The van der Waals surface area contributed by atoms with Crippen LogP contribution in [0.15, 0.2) is 47.3 Å². The van der Waals surface area contributed by atoms with Gasteiger partial charge in [0.15, 0.2) is 0 Å². The molecule has 2 aromatic rings. The molecule has 0 saturated heterocycles. The van der Waals surface area contributed by atoms with Crippen LogP contribution in [-0.4, -0.2) is 38.0 Å². The van der Waals surface area contributed by atoms with Crippen LogP contribution in [0.25, 0.3) is 0 Å². The summed E-state index contributed by atoms with van der Waals surface area (Å²) >= 11 is 0. The van der Waals surface area contributed by atoms with Crippen molar-refractivity contribution < 1.29 is 13.2 Å². The first-order chi connectivity index (χ1) is 15.4. The normalized spacial score (nSPS) is 25.9. The number of hydrogen-bond donors (Lipinski definition) is 1. The van der Waals surface area contributed by atoms with E-state index < -0.39 is 10.0 Å². The van der Waals surface area contributed by atoms with E-state index in [4.69, 9.17) is 4.74 Å². The highest BCUT2D eigenvalue weighted by molar-refractivity contribution is 7.88. The summed E-state index contributed by atoms with van der Waals surface area (Å²) < 4.78 is 34.9. The van der Waals surface area contributed by atoms with E-state index in [1.165, 1.54) is 11.8 Å². The summed E-state index contributed by atoms with van der Waals surface area (Å²) in [6.07, 6.45) is 7.43. The Morgan fingerprint density at radius 3 is 2.41 bits per heavy atom. The second-order valence-electron chi connectivity index (χ2n) is 9.20. The maximum atomic E-state index is 13.1. The Hall–Kier alpha value is -1.96. The van der Waals surface area contributed by atoms with Gasteiger partial charge < -0.3 is 9.30 Å². The molecule has 32 heavy (non-hydrogen) atoms. The van der Waals surface area contributed by atoms with Crippen molar-refractivity contribution in [2.24, 2.45) is 0 Å². The third-order valence-corrected chi connectivity index (χ3v) is 7.71. The quantitative estimate of drug-likeness (QED) is 0.688. The Morgan fingerprint density at radius 1 is 1.03 bits per heavy atom. The first-order valence-electron chi connectivity index (χ1n) is 11.7. The second kappa shape index (κ2) is 9.89. The smallest absolute Gasteiger partial charge is 0.254 e. The molecule has 2 heterocycles. The van der Waals surface area contributed by atoms with Crippen LogP contribution < -0.4 is 10.3 Å². The van der Waals surface area contributed by atoms with E-state index >= 15 is 0 Å². The van der Waals surface area contributed by atoms with E-state index in [1.807, 2.05) is 25.1 Å². The van der Waals surface area contributed by atoms with E-state index in [0.717, 1.165) is 36.9 Å². The Morgan fingerprint density at radius 2 is 1.75 bits per heavy atom. The molecule has 1 N–H and O–H groups in total. The molecule has 0 spiro atoms. The van der Waals surface area contributed by atoms with Crippen molar-refractivity contribution in [1.29, 1.82) is 0 Å². The van der Waals surface area contributed by atoms with Crippen molar-refractivity contribution in [3.63, 3.8) is 0 Å². The van der Waals surface area contributed by atoms with Gasteiger partial charge in [-0.25, -0.2) is 13.1 Å². The lowest BCUT2D eigenvalue weighted by Crippen LogP contribution is -2.49. The molecular weight excluding hydrogens is 424 g/mol. The summed E-state index contributed by atoms with van der Waals surface area (Å²) in [7, 11) is -3.39. The Kier molecular flexibility index (Phi) is 7.17. The summed E-state index contributed by atoms with van der Waals surface area (Å²) in [5.41, 5.74) is 3.08. The van der Waals surface area contributed by atoms with Crippen molar-refractivity contribution in [3.05, 3.63) is 69.6 Å². The topological polar surface area (TPSA) is 77.4 Å². The van der Waals surface area contributed by atoms with Gasteiger partial charge >= 0.3 is 0 Å². The minimum Gasteiger partial charge on any atom is -0.376 e. The van der Waals surface area contributed by atoms with Gasteiger partial charge in [0, 0.05) is 17.3 Å². The van der Waals surface area contributed by atoms with Crippen molar-refractivity contribution in [3.8, 4) is 0 Å². The molecule has 2 unspecified atom stereocenters. The maximum absolute atomic E-state index is 13.1. The Bertz CT molecular complexity index is 1070. The molecule has 1 aromatic carbocycles. The monoisotopic (exact) mass is 458 g/mol. The highest BCUT2D eigenvalue weighted by Crippen LogP contribution is 2.34. The SMILES string of the molecule is CCc1ccc2n(c1=O)C(COC1CCC(c3ccccc3)CC1)C(NS(C)(=O)=O)CC2. The first-order valence-corrected chi connectivity index (χ1v) is 13.6. The molecular formula is C25H34N2O4S. The molecule has 0 radical (unpaired) electrons. The van der Waals surface area contributed by atoms with Crippen LogP contribution in [0, 0.1) is 0 Å². The van der Waals surface area contributed by atoms with Gasteiger partial charge in [-0.15, -0.1) is 0 Å². The summed E-state index contributed by atoms with van der Waals surface area (Å²) in [5, 5.41) is 0. The van der Waals surface area contributed by atoms with E-state index in [0.29, 0.717) is 31.8 Å². The summed E-state index contributed by atoms with van der Waals surface area (Å²) in [6.45, 7) is 2.31. The average Bonchev–Trinajstić information content (AvgIpc) is 2.78. The largest absolute Gasteiger partial charge is 0.376 e. The fourth-order valence-electron chi connectivity index (χ4n) is 5.27. The number of rotatable bonds is 7. The van der Waals surface area contributed by atoms with Crippen LogP contribution in [0.2, 0.25) is 0 Å². The zero-order valence-electron chi connectivity index (χ0n) is 19.0. The lowest BCUT2D eigenvalue weighted by Gasteiger charge is -2.37. The van der Waals surface area contributed by atoms with Crippen LogP contribution in [0.5, 0.6) is 0 Å². The molecule has 4 rings (SSSR count). The molecule has 1 aromatic heterocycles. The number of benzene rings is 1. The lowest BCUT2D eigenvalue weighted by molar-refractivity contribution is -0.00169. The number of ether oxygens (including phenoxy) is 1. The fraction of sp³-hybridized carbons (Fsp3) is 0.560. The lowest BCUT2D eigenvalue weighted by atomic mass is 9.83. The molecule has 6 nitrogen and oxygen atoms in total. The van der Waals surface area contributed by atoms with Gasteiger partial charge in [-0.1, -0.05) is 43.3 Å². The highest BCUT2D eigenvalue weighted by Gasteiger charge is 2.34. The van der Waals surface area contributed by atoms with Gasteiger partial charge in [0.25, 0.3) is 5.56 Å². The van der Waals surface area contributed by atoms with Crippen molar-refractivity contribution in [2.45, 2.75) is 76.0 Å². The fourth-order valence-corrected chi connectivity index (χ4v) is 6.10. The van der Waals surface area contributed by atoms with Crippen LogP contribution in [-0.2, 0) is 27.6 Å². The van der Waals surface area contributed by atoms with Gasteiger partial charge in [0.2, 0.25) is 10.0 Å². The summed E-state index contributed by atoms with van der Waals surface area (Å²) in [6, 6.07) is 13.9. The number of fused-ring (bicyclic) bond motifs is 1. The number of aryl methyl sites for hydroxylation is 2. The van der Waals surface area contributed by atoms with Gasteiger partial charge in [-0.2, -0.15) is 0 Å². The van der Waals surface area contributed by atoms with Crippen LogP contribution in [0.3, 0.4) is 0 Å². The minimum absolute atomic E-state index is 0.0219. The molecule has 1 fully saturated rings. The number of sulfonamides is 1. The van der Waals surface area contributed by atoms with Crippen molar-refractivity contribution in [2.75, 3.05) is 12.9 Å². The van der Waals surface area contributed by atoms with E-state index in [9.17, 15) is 13.2 Å². The minimum atomic E-state index is -3.39. The number of hydrogen-bond acceptors (Lipinski definition) is 4. The van der Waals surface area contributed by atoms with Gasteiger partial charge in [-0.3, -0.25) is 4.79 Å². The average molecular weight is 459 g/mol. The van der Waals surface area contributed by atoms with Crippen molar-refractivity contribution in [1.82, 2.24) is 9.29 Å². The van der Waals surface area contributed by atoms with Crippen LogP contribution in [0.4, 0.5) is 0 Å². The van der Waals surface area contributed by atoms with Crippen LogP contribution >= 0.6 is 0 Å². The molecule has 174 valence electrons. The van der Waals surface area contributed by atoms with Gasteiger partial charge in [-0.05, 0) is 62.5 Å². The van der Waals surface area contributed by atoms with E-state index in [1.54, 1.807) is 4.57 Å². The number of pyridine rings is 1. The standard InChI is InChI=1S/C25H34N2O4S/c1-3-18-9-12-21-13-16-23(26-32(2,29)30)24(27(21)25(18)28)17-31-22-14-10-20(11-15-22)19-7-5-4-6-8-19/h4-9,12,20,22-24,26H,3,10-11,13-17H2,1-2H3. The molecule has 2 atom stereocenters. The highest BCUT2D eigenvalue weighted by atomic mass is 32.2. The number of aromatic nitrogens is 1. The Labute approximate surface area is 191 Å². The molecule has 0 amide bonds. The van der Waals surface area contributed by atoms with E-state index in [2.05, 4.69) is 29.0 Å². The number of nitrogens with zero attached hydrogens (tertiary/aromatic N) is 1. The summed E-state index contributed by atoms with van der Waals surface area (Å²) in [5.74, 6) is 0.570. The van der Waals surface area contributed by atoms with E-state index in [-0.39, 0.29) is 23.7 Å². The first kappa shape index (κ1) is 23.2. The predicted molar refractivity (Wildman–Crippen MR) is 127 cm³/mol. The number of nitrogens with one attached hydrogen (secondary N) is 1. The molecule has 1 aliphatic carbocycles. The molecule has 1 saturated carbocycles. The molecule has 0 bridgehead atoms. The molecule has 2 aliphatic rings.